The van der Waals surface area contributed by atoms with Crippen molar-refractivity contribution in [2.24, 2.45) is 0 Å². The fourth-order valence-electron chi connectivity index (χ4n) is 1.42. The van der Waals surface area contributed by atoms with Crippen LogP contribution in [0.25, 0.3) is 0 Å². The van der Waals surface area contributed by atoms with Gasteiger partial charge in [0.2, 0.25) is 0 Å². The molecule has 65 valence electrons. The van der Waals surface area contributed by atoms with Gasteiger partial charge in [-0.15, -0.1) is 0 Å². The lowest BCUT2D eigenvalue weighted by Gasteiger charge is -2.19. The molecule has 0 aromatic heterocycles. The van der Waals surface area contributed by atoms with Crippen molar-refractivity contribution in [3.63, 3.8) is 0 Å². The maximum absolute atomic E-state index is 2.59. The fraction of sp³-hybridized carbons (Fsp3) is 0.900. The summed E-state index contributed by atoms with van der Waals surface area (Å²) in [4.78, 5) is 2.59. The molecule has 0 aliphatic heterocycles. The molecule has 1 aliphatic carbocycles. The predicted molar refractivity (Wildman–Crippen MR) is 49.2 cm³/mol. The number of nitrogens with zero attached hydrogens (tertiary/aromatic N) is 1. The lowest BCUT2D eigenvalue weighted by molar-refractivity contribution is 0.317. The first-order chi connectivity index (χ1) is 5.38. The van der Waals surface area contributed by atoms with Gasteiger partial charge >= 0.3 is 0 Å². The number of hydrogen-bond acceptors (Lipinski definition) is 1. The summed E-state index contributed by atoms with van der Waals surface area (Å²) in [6.45, 7) is 7.12. The summed E-state index contributed by atoms with van der Waals surface area (Å²) in [7, 11) is 0. The van der Waals surface area contributed by atoms with E-state index in [4.69, 9.17) is 0 Å². The molecule has 0 atom stereocenters. The van der Waals surface area contributed by atoms with E-state index >= 15 is 0 Å². The third-order valence-corrected chi connectivity index (χ3v) is 2.20. The van der Waals surface area contributed by atoms with Gasteiger partial charge in [0.15, 0.2) is 0 Å². The molecule has 0 saturated heterocycles. The maximum atomic E-state index is 2.59. The van der Waals surface area contributed by atoms with Crippen LogP contribution in [0.1, 0.15) is 46.0 Å². The van der Waals surface area contributed by atoms with Gasteiger partial charge in [-0.25, -0.2) is 0 Å². The van der Waals surface area contributed by atoms with Crippen LogP contribution in [0.15, 0.2) is 0 Å². The van der Waals surface area contributed by atoms with Gasteiger partial charge in [0, 0.05) is 6.04 Å². The average molecular weight is 154 g/mol. The van der Waals surface area contributed by atoms with Crippen molar-refractivity contribution in [1.82, 2.24) is 4.90 Å². The Hall–Kier alpha value is -0.0400. The average Bonchev–Trinajstić information content (AvgIpc) is 2.80. The molecule has 1 heteroatoms. The standard InChI is InChI=1S/C10H20N/c1-3-5-9-11(8-4-2)10-6-7-10/h3-9H2,1-2H3. The first kappa shape index (κ1) is 9.05. The summed E-state index contributed by atoms with van der Waals surface area (Å²) in [6.07, 6.45) is 6.75. The van der Waals surface area contributed by atoms with Crippen LogP contribution in [0.4, 0.5) is 0 Å². The largest absolute Gasteiger partial charge is 0.296 e. The molecule has 0 heterocycles. The van der Waals surface area contributed by atoms with Gasteiger partial charge in [0.1, 0.15) is 0 Å². The van der Waals surface area contributed by atoms with Crippen LogP contribution in [-0.2, 0) is 0 Å². The molecule has 1 fully saturated rings. The molecule has 0 aromatic carbocycles. The Balaban J connectivity index is 2.10. The monoisotopic (exact) mass is 154 g/mol. The normalized spacial score (nSPS) is 17.7. The minimum atomic E-state index is 1.29. The van der Waals surface area contributed by atoms with Crippen LogP contribution in [0.2, 0.25) is 0 Å². The van der Waals surface area contributed by atoms with E-state index in [-0.39, 0.29) is 0 Å². The second-order valence-electron chi connectivity index (χ2n) is 3.41. The zero-order valence-electron chi connectivity index (χ0n) is 7.90. The van der Waals surface area contributed by atoms with Crippen molar-refractivity contribution in [2.75, 3.05) is 13.1 Å². The third kappa shape index (κ3) is 3.24. The van der Waals surface area contributed by atoms with Gasteiger partial charge in [0.05, 0.1) is 0 Å². The lowest BCUT2D eigenvalue weighted by Crippen LogP contribution is -2.23. The first-order valence-electron chi connectivity index (χ1n) is 4.98. The van der Waals surface area contributed by atoms with Gasteiger partial charge in [-0.1, -0.05) is 20.3 Å². The Kier molecular flexibility index (Phi) is 3.92. The van der Waals surface area contributed by atoms with Gasteiger partial charge in [-0.2, -0.15) is 0 Å². The summed E-state index contributed by atoms with van der Waals surface area (Å²) in [5, 5.41) is 0. The quantitative estimate of drug-likeness (QED) is 0.568. The topological polar surface area (TPSA) is 3.24 Å². The van der Waals surface area contributed by atoms with Gasteiger partial charge < -0.3 is 0 Å². The summed E-state index contributed by atoms with van der Waals surface area (Å²) in [6, 6.07) is 1.71. The Labute approximate surface area is 70.8 Å². The van der Waals surface area contributed by atoms with E-state index in [1.807, 2.05) is 0 Å². The zero-order valence-corrected chi connectivity index (χ0v) is 7.90. The van der Waals surface area contributed by atoms with Crippen molar-refractivity contribution in [1.29, 1.82) is 0 Å². The highest BCUT2D eigenvalue weighted by molar-refractivity contribution is 5.03. The Bertz CT molecular complexity index is 97.0. The molecule has 0 spiro atoms. The third-order valence-electron chi connectivity index (χ3n) is 2.20. The molecule has 1 nitrogen and oxygen atoms in total. The SMILES string of the molecule is CCCCN(CCC)[C]1CC1. The van der Waals surface area contributed by atoms with Crippen LogP contribution in [0.3, 0.4) is 0 Å². The maximum Gasteiger partial charge on any atom is 0.0394 e. The Morgan fingerprint density at radius 2 is 1.82 bits per heavy atom. The van der Waals surface area contributed by atoms with Crippen LogP contribution in [0.5, 0.6) is 0 Å². The van der Waals surface area contributed by atoms with Crippen molar-refractivity contribution in [2.45, 2.75) is 46.0 Å². The molecule has 0 bridgehead atoms. The number of unbranched alkanes of at least 4 members (excludes halogenated alkanes) is 1. The van der Waals surface area contributed by atoms with Gasteiger partial charge in [0.25, 0.3) is 0 Å². The Morgan fingerprint density at radius 1 is 1.09 bits per heavy atom. The van der Waals surface area contributed by atoms with E-state index in [9.17, 15) is 0 Å². The fourth-order valence-corrected chi connectivity index (χ4v) is 1.42. The summed E-state index contributed by atoms with van der Waals surface area (Å²) >= 11 is 0. The molecule has 1 radical (unpaired) electrons. The molecule has 11 heavy (non-hydrogen) atoms. The molecule has 1 saturated carbocycles. The molecule has 1 aliphatic rings. The van der Waals surface area contributed by atoms with E-state index in [1.54, 1.807) is 6.04 Å². The molecule has 1 rings (SSSR count). The van der Waals surface area contributed by atoms with Gasteiger partial charge in [-0.05, 0) is 38.8 Å². The van der Waals surface area contributed by atoms with Crippen molar-refractivity contribution in [3.8, 4) is 0 Å². The smallest absolute Gasteiger partial charge is 0.0394 e. The van der Waals surface area contributed by atoms with Crippen LogP contribution in [-0.4, -0.2) is 18.0 Å². The minimum Gasteiger partial charge on any atom is -0.296 e. The molecule has 0 unspecified atom stereocenters. The predicted octanol–water partition coefficient (Wildman–Crippen LogP) is 2.82. The highest BCUT2D eigenvalue weighted by Gasteiger charge is 2.28. The van der Waals surface area contributed by atoms with Crippen LogP contribution < -0.4 is 0 Å². The number of rotatable bonds is 6. The van der Waals surface area contributed by atoms with E-state index in [0.29, 0.717) is 0 Å². The molecule has 0 N–H and O–H groups in total. The highest BCUT2D eigenvalue weighted by atomic mass is 15.2. The minimum absolute atomic E-state index is 1.29. The van der Waals surface area contributed by atoms with E-state index in [2.05, 4.69) is 18.7 Å². The lowest BCUT2D eigenvalue weighted by atomic mass is 10.3. The van der Waals surface area contributed by atoms with E-state index in [0.717, 1.165) is 0 Å². The Morgan fingerprint density at radius 3 is 2.27 bits per heavy atom. The van der Waals surface area contributed by atoms with Crippen LogP contribution >= 0.6 is 0 Å². The van der Waals surface area contributed by atoms with Crippen molar-refractivity contribution >= 4 is 0 Å². The molecular formula is C10H20N. The molecule has 0 amide bonds. The summed E-state index contributed by atoms with van der Waals surface area (Å²) in [5.74, 6) is 0. The zero-order chi connectivity index (χ0) is 8.10. The van der Waals surface area contributed by atoms with E-state index < -0.39 is 0 Å². The second-order valence-corrected chi connectivity index (χ2v) is 3.41. The summed E-state index contributed by atoms with van der Waals surface area (Å²) < 4.78 is 0. The molecule has 0 aromatic rings. The first-order valence-corrected chi connectivity index (χ1v) is 4.98. The summed E-state index contributed by atoms with van der Waals surface area (Å²) in [5.41, 5.74) is 0. The highest BCUT2D eigenvalue weighted by Crippen LogP contribution is 2.35. The number of hydrogen-bond donors (Lipinski definition) is 0. The van der Waals surface area contributed by atoms with Crippen molar-refractivity contribution in [3.05, 3.63) is 6.04 Å². The second kappa shape index (κ2) is 4.76. The van der Waals surface area contributed by atoms with Crippen molar-refractivity contribution < 1.29 is 0 Å². The molecular weight excluding hydrogens is 134 g/mol. The van der Waals surface area contributed by atoms with E-state index in [1.165, 1.54) is 45.2 Å². The van der Waals surface area contributed by atoms with Gasteiger partial charge in [-0.3, -0.25) is 4.90 Å². The van der Waals surface area contributed by atoms with Crippen LogP contribution in [0, 0.1) is 6.04 Å².